The van der Waals surface area contributed by atoms with Crippen molar-refractivity contribution < 1.29 is 4.79 Å². The maximum Gasteiger partial charge on any atom is 0.323 e. The topological polar surface area (TPSA) is 56.2 Å². The lowest BCUT2D eigenvalue weighted by Crippen LogP contribution is -2.42. The van der Waals surface area contributed by atoms with Crippen LogP contribution in [0.5, 0.6) is 0 Å². The number of nitrogens with one attached hydrogen (secondary N) is 2. The molecular formula is C17H27N3OS. The first-order chi connectivity index (χ1) is 10.7. The molecule has 22 heavy (non-hydrogen) atoms. The Labute approximate surface area is 138 Å². The second-order valence-corrected chi connectivity index (χ2v) is 6.21. The van der Waals surface area contributed by atoms with Crippen LogP contribution >= 0.6 is 11.8 Å². The first-order valence-corrected chi connectivity index (χ1v) is 8.97. The molecule has 1 rings (SSSR count). The summed E-state index contributed by atoms with van der Waals surface area (Å²) < 4.78 is 0. The number of benzene rings is 1. The number of rotatable bonds is 8. The summed E-state index contributed by atoms with van der Waals surface area (Å²) in [5, 5.41) is 10.8. The van der Waals surface area contributed by atoms with Crippen molar-refractivity contribution in [1.29, 1.82) is 5.41 Å². The zero-order chi connectivity index (χ0) is 16.2. The van der Waals surface area contributed by atoms with Gasteiger partial charge >= 0.3 is 6.03 Å². The predicted octanol–water partition coefficient (Wildman–Crippen LogP) is 4.47. The lowest BCUT2D eigenvalue weighted by molar-refractivity contribution is 0.201. The van der Waals surface area contributed by atoms with Gasteiger partial charge < -0.3 is 4.90 Å². The highest BCUT2D eigenvalue weighted by Crippen LogP contribution is 2.12. The molecule has 0 unspecified atom stereocenters. The lowest BCUT2D eigenvalue weighted by atomic mass is 10.2. The highest BCUT2D eigenvalue weighted by atomic mass is 32.2. The molecule has 0 atom stereocenters. The van der Waals surface area contributed by atoms with Crippen molar-refractivity contribution in [3.05, 3.63) is 35.9 Å². The van der Waals surface area contributed by atoms with Crippen LogP contribution in [0.3, 0.4) is 0 Å². The number of hydrogen-bond acceptors (Lipinski definition) is 3. The van der Waals surface area contributed by atoms with Gasteiger partial charge in [0.05, 0.1) is 0 Å². The van der Waals surface area contributed by atoms with Crippen LogP contribution in [0.1, 0.15) is 45.1 Å². The molecule has 0 fully saturated rings. The number of carbonyl (C=O) groups is 1. The largest absolute Gasteiger partial charge is 0.324 e. The Hall–Kier alpha value is -1.49. The van der Waals surface area contributed by atoms with E-state index in [1.807, 2.05) is 35.2 Å². The molecule has 2 amide bonds. The third kappa shape index (κ3) is 7.50. The minimum atomic E-state index is -0.146. The Bertz CT molecular complexity index is 442. The number of carbonyl (C=O) groups excluding carboxylic acids is 1. The van der Waals surface area contributed by atoms with Crippen LogP contribution in [0.2, 0.25) is 0 Å². The van der Waals surface area contributed by atoms with Crippen molar-refractivity contribution in [1.82, 2.24) is 10.2 Å². The number of amidine groups is 1. The number of unbranched alkanes of at least 4 members (excludes halogenated alkanes) is 2. The second-order valence-electron chi connectivity index (χ2n) is 5.23. The SMILES string of the molecule is CCCCN(CCCC)C(=O)NC(=N)SCc1ccccc1. The van der Waals surface area contributed by atoms with Gasteiger partial charge in [-0.25, -0.2) is 4.79 Å². The molecule has 0 bridgehead atoms. The van der Waals surface area contributed by atoms with E-state index in [-0.39, 0.29) is 11.2 Å². The maximum absolute atomic E-state index is 12.2. The van der Waals surface area contributed by atoms with Crippen molar-refractivity contribution in [2.45, 2.75) is 45.3 Å². The monoisotopic (exact) mass is 321 g/mol. The molecule has 1 aromatic rings. The van der Waals surface area contributed by atoms with E-state index < -0.39 is 0 Å². The molecule has 2 N–H and O–H groups in total. The van der Waals surface area contributed by atoms with Gasteiger partial charge in [0.2, 0.25) is 0 Å². The van der Waals surface area contributed by atoms with Gasteiger partial charge in [0, 0.05) is 18.8 Å². The minimum Gasteiger partial charge on any atom is -0.324 e. The van der Waals surface area contributed by atoms with Gasteiger partial charge in [0.25, 0.3) is 0 Å². The first kappa shape index (κ1) is 18.6. The molecule has 0 aliphatic heterocycles. The molecule has 122 valence electrons. The zero-order valence-corrected chi connectivity index (χ0v) is 14.4. The smallest absolute Gasteiger partial charge is 0.323 e. The van der Waals surface area contributed by atoms with E-state index in [0.29, 0.717) is 5.75 Å². The normalized spacial score (nSPS) is 10.3. The summed E-state index contributed by atoms with van der Waals surface area (Å²) >= 11 is 1.35. The Kier molecular flexibility index (Phi) is 9.39. The minimum absolute atomic E-state index is 0.146. The Balaban J connectivity index is 2.40. The number of thioether (sulfide) groups is 1. The molecule has 0 radical (unpaired) electrons. The van der Waals surface area contributed by atoms with Crippen molar-refractivity contribution >= 4 is 23.0 Å². The van der Waals surface area contributed by atoms with E-state index in [0.717, 1.165) is 44.3 Å². The fourth-order valence-corrected chi connectivity index (χ4v) is 2.62. The van der Waals surface area contributed by atoms with Gasteiger partial charge in [-0.3, -0.25) is 10.7 Å². The Morgan fingerprint density at radius 2 is 1.73 bits per heavy atom. The fourth-order valence-electron chi connectivity index (χ4n) is 1.95. The first-order valence-electron chi connectivity index (χ1n) is 7.98. The molecule has 0 saturated heterocycles. The van der Waals surface area contributed by atoms with Gasteiger partial charge in [-0.2, -0.15) is 0 Å². The summed E-state index contributed by atoms with van der Waals surface area (Å²) in [4.78, 5) is 14.1. The fraction of sp³-hybridized carbons (Fsp3) is 0.529. The summed E-state index contributed by atoms with van der Waals surface area (Å²) in [7, 11) is 0. The standard InChI is InChI=1S/C17H27N3OS/c1-3-5-12-20(13-6-4-2)17(21)19-16(18)22-14-15-10-8-7-9-11-15/h7-11H,3-6,12-14H2,1-2H3,(H2,18,19,21). The highest BCUT2D eigenvalue weighted by molar-refractivity contribution is 8.13. The summed E-state index contributed by atoms with van der Waals surface area (Å²) in [6.45, 7) is 5.76. The second kappa shape index (κ2) is 11.1. The summed E-state index contributed by atoms with van der Waals surface area (Å²) in [5.74, 6) is 0.698. The summed E-state index contributed by atoms with van der Waals surface area (Å²) in [6, 6.07) is 9.84. The van der Waals surface area contributed by atoms with E-state index >= 15 is 0 Å². The van der Waals surface area contributed by atoms with E-state index in [4.69, 9.17) is 5.41 Å². The molecule has 0 aliphatic rings. The van der Waals surface area contributed by atoms with Crippen LogP contribution in [-0.4, -0.2) is 29.2 Å². The van der Waals surface area contributed by atoms with Gasteiger partial charge in [-0.15, -0.1) is 0 Å². The number of amides is 2. The molecule has 1 aromatic carbocycles. The van der Waals surface area contributed by atoms with Crippen LogP contribution in [-0.2, 0) is 5.75 Å². The summed E-state index contributed by atoms with van der Waals surface area (Å²) in [5.41, 5.74) is 1.15. The maximum atomic E-state index is 12.2. The average Bonchev–Trinajstić information content (AvgIpc) is 2.54. The average molecular weight is 321 g/mol. The van der Waals surface area contributed by atoms with Crippen LogP contribution in [0, 0.1) is 5.41 Å². The lowest BCUT2D eigenvalue weighted by Gasteiger charge is -2.22. The molecule has 0 aliphatic carbocycles. The van der Waals surface area contributed by atoms with E-state index in [2.05, 4.69) is 19.2 Å². The number of nitrogens with zero attached hydrogens (tertiary/aromatic N) is 1. The molecule has 0 heterocycles. The molecular weight excluding hydrogens is 294 g/mol. The van der Waals surface area contributed by atoms with Crippen LogP contribution in [0.25, 0.3) is 0 Å². The van der Waals surface area contributed by atoms with Crippen molar-refractivity contribution in [3.8, 4) is 0 Å². The van der Waals surface area contributed by atoms with Crippen molar-refractivity contribution in [2.75, 3.05) is 13.1 Å². The zero-order valence-electron chi connectivity index (χ0n) is 13.6. The Morgan fingerprint density at radius 1 is 1.14 bits per heavy atom. The molecule has 5 heteroatoms. The molecule has 0 spiro atoms. The van der Waals surface area contributed by atoms with Gasteiger partial charge in [0.15, 0.2) is 5.17 Å². The molecule has 0 aromatic heterocycles. The van der Waals surface area contributed by atoms with Crippen LogP contribution in [0.15, 0.2) is 30.3 Å². The molecule has 4 nitrogen and oxygen atoms in total. The van der Waals surface area contributed by atoms with Gasteiger partial charge in [0.1, 0.15) is 0 Å². The van der Waals surface area contributed by atoms with E-state index in [9.17, 15) is 4.79 Å². The third-order valence-corrected chi connectivity index (χ3v) is 4.17. The van der Waals surface area contributed by atoms with Gasteiger partial charge in [-0.1, -0.05) is 68.8 Å². The van der Waals surface area contributed by atoms with E-state index in [1.165, 1.54) is 11.8 Å². The highest BCUT2D eigenvalue weighted by Gasteiger charge is 2.14. The van der Waals surface area contributed by atoms with E-state index in [1.54, 1.807) is 0 Å². The number of hydrogen-bond donors (Lipinski definition) is 2. The van der Waals surface area contributed by atoms with Crippen molar-refractivity contribution in [3.63, 3.8) is 0 Å². The predicted molar refractivity (Wildman–Crippen MR) is 95.4 cm³/mol. The number of urea groups is 1. The Morgan fingerprint density at radius 3 is 2.27 bits per heavy atom. The van der Waals surface area contributed by atoms with Crippen LogP contribution < -0.4 is 5.32 Å². The third-order valence-electron chi connectivity index (χ3n) is 3.30. The summed E-state index contributed by atoms with van der Waals surface area (Å²) in [6.07, 6.45) is 4.13. The molecule has 0 saturated carbocycles. The quantitative estimate of drug-likeness (QED) is 0.548. The van der Waals surface area contributed by atoms with Crippen molar-refractivity contribution in [2.24, 2.45) is 0 Å². The van der Waals surface area contributed by atoms with Crippen LogP contribution in [0.4, 0.5) is 4.79 Å². The van der Waals surface area contributed by atoms with Gasteiger partial charge in [-0.05, 0) is 18.4 Å².